The quantitative estimate of drug-likeness (QED) is 0.459. The fourth-order valence-electron chi connectivity index (χ4n) is 4.28. The summed E-state index contributed by atoms with van der Waals surface area (Å²) in [5.41, 5.74) is 2.80. The number of hydrogen-bond acceptors (Lipinski definition) is 10. The molecule has 13 heteroatoms. The Balaban J connectivity index is 1.79. The second-order valence-corrected chi connectivity index (χ2v) is 8.23. The van der Waals surface area contributed by atoms with Gasteiger partial charge in [-0.3, -0.25) is 19.8 Å². The number of carbonyl (C=O) groups excluding carboxylic acids is 4. The van der Waals surface area contributed by atoms with Crippen molar-refractivity contribution in [1.82, 2.24) is 15.8 Å². The van der Waals surface area contributed by atoms with Crippen LogP contribution >= 0.6 is 0 Å². The number of hydrogen-bond donors (Lipinski definition) is 2. The fraction of sp³-hybridized carbons (Fsp3) is 0.391. The van der Waals surface area contributed by atoms with Gasteiger partial charge in [-0.25, -0.2) is 9.59 Å². The lowest BCUT2D eigenvalue weighted by atomic mass is 9.70. The van der Waals surface area contributed by atoms with Crippen LogP contribution in [0.25, 0.3) is 0 Å². The Bertz CT molecular complexity index is 1150. The number of benzene rings is 1. The summed E-state index contributed by atoms with van der Waals surface area (Å²) in [7, 11) is 1.44. The maximum absolute atomic E-state index is 13.5. The minimum absolute atomic E-state index is 0.0855. The predicted molar refractivity (Wildman–Crippen MR) is 114 cm³/mol. The lowest BCUT2D eigenvalue weighted by Gasteiger charge is -2.38. The number of alkyl halides is 3. The molecule has 0 aromatic heterocycles. The Kier molecular flexibility index (Phi) is 7.24. The van der Waals surface area contributed by atoms with E-state index in [0.29, 0.717) is 12.8 Å². The molecule has 3 unspecified atom stereocenters. The zero-order valence-corrected chi connectivity index (χ0v) is 19.0. The highest BCUT2D eigenvalue weighted by Crippen LogP contribution is 2.39. The zero-order chi connectivity index (χ0) is 26.0. The summed E-state index contributed by atoms with van der Waals surface area (Å²) in [6, 6.07) is 6.08. The molecule has 0 saturated carbocycles. The summed E-state index contributed by atoms with van der Waals surface area (Å²) in [5, 5.41) is 4.00. The minimum Gasteiger partial charge on any atom is -0.418 e. The largest absolute Gasteiger partial charge is 0.491 e. The number of carbonyl (C=O) groups is 4. The van der Waals surface area contributed by atoms with Crippen molar-refractivity contribution >= 4 is 23.5 Å². The van der Waals surface area contributed by atoms with Gasteiger partial charge < -0.3 is 10.2 Å². The van der Waals surface area contributed by atoms with Crippen LogP contribution in [0.2, 0.25) is 0 Å². The molecule has 1 aliphatic heterocycles. The number of allylic oxidation sites excluding steroid dienone is 3. The van der Waals surface area contributed by atoms with E-state index < -0.39 is 53.4 Å². The van der Waals surface area contributed by atoms with Gasteiger partial charge in [-0.15, -0.1) is 0 Å². The van der Waals surface area contributed by atoms with Gasteiger partial charge in [0.15, 0.2) is 23.5 Å². The number of likely N-dealkylation sites (N-methyl/N-ethyl adjacent to an activating group) is 1. The normalized spacial score (nSPS) is 25.2. The summed E-state index contributed by atoms with van der Waals surface area (Å²) in [4.78, 5) is 60.4. The van der Waals surface area contributed by atoms with E-state index in [2.05, 4.69) is 15.5 Å². The highest BCUT2D eigenvalue weighted by atomic mass is 19.4. The third-order valence-electron chi connectivity index (χ3n) is 5.96. The Morgan fingerprint density at radius 2 is 1.81 bits per heavy atom. The number of rotatable bonds is 4. The number of halogens is 3. The van der Waals surface area contributed by atoms with E-state index in [-0.39, 0.29) is 30.0 Å². The summed E-state index contributed by atoms with van der Waals surface area (Å²) >= 11 is 0. The van der Waals surface area contributed by atoms with Crippen LogP contribution in [0.1, 0.15) is 33.6 Å². The standard InChI is InChI=1S/C23H22F3N3O7/c1-27-20-21(32)36-34-11-5-4-10-29(20)28-17-15(35-22(33)23(24,25)26)9-8-14-16(17)19(31)13-7-3-2-6-12(13)18(14)30/h2-3,6-9,14,16,20,27-28H,4-5,10-11H2,1H3. The van der Waals surface area contributed by atoms with Crippen molar-refractivity contribution in [2.45, 2.75) is 25.2 Å². The van der Waals surface area contributed by atoms with E-state index in [0.717, 1.165) is 6.08 Å². The SMILES string of the molecule is CNC1C(=O)OOCCCCN1NC1=C(OC(=O)C(F)(F)F)C=CC2C(=O)c3ccccc3C(=O)C12. The van der Waals surface area contributed by atoms with E-state index >= 15 is 0 Å². The van der Waals surface area contributed by atoms with Gasteiger partial charge in [-0.1, -0.05) is 30.3 Å². The average molecular weight is 509 g/mol. The van der Waals surface area contributed by atoms with Crippen molar-refractivity contribution in [1.29, 1.82) is 0 Å². The van der Waals surface area contributed by atoms with Gasteiger partial charge in [-0.05, 0) is 26.0 Å². The number of fused-ring (bicyclic) bond motifs is 2. The van der Waals surface area contributed by atoms with Crippen molar-refractivity contribution < 1.29 is 46.9 Å². The summed E-state index contributed by atoms with van der Waals surface area (Å²) in [6.07, 6.45) is -3.28. The van der Waals surface area contributed by atoms with E-state index in [1.807, 2.05) is 0 Å². The number of hydrazine groups is 1. The molecule has 36 heavy (non-hydrogen) atoms. The molecule has 4 rings (SSSR count). The van der Waals surface area contributed by atoms with Crippen molar-refractivity contribution in [3.63, 3.8) is 0 Å². The molecule has 2 aliphatic carbocycles. The topological polar surface area (TPSA) is 123 Å². The molecule has 192 valence electrons. The summed E-state index contributed by atoms with van der Waals surface area (Å²) in [6.45, 7) is 0.290. The number of Topliss-reactive ketones (excluding diaryl/α,β-unsaturated/α-hetero) is 2. The lowest BCUT2D eigenvalue weighted by Crippen LogP contribution is -2.58. The first-order valence-corrected chi connectivity index (χ1v) is 11.1. The van der Waals surface area contributed by atoms with Crippen LogP contribution in [0.15, 0.2) is 47.9 Å². The molecule has 3 atom stereocenters. The molecule has 0 radical (unpaired) electrons. The highest BCUT2D eigenvalue weighted by Gasteiger charge is 2.48. The molecular formula is C23H22F3N3O7. The van der Waals surface area contributed by atoms with Gasteiger partial charge >= 0.3 is 18.1 Å². The third kappa shape index (κ3) is 4.90. The van der Waals surface area contributed by atoms with Crippen molar-refractivity contribution in [3.05, 3.63) is 59.0 Å². The Morgan fingerprint density at radius 3 is 2.47 bits per heavy atom. The van der Waals surface area contributed by atoms with Crippen LogP contribution in [0.4, 0.5) is 13.2 Å². The van der Waals surface area contributed by atoms with Crippen LogP contribution in [-0.4, -0.2) is 61.1 Å². The van der Waals surface area contributed by atoms with Crippen LogP contribution in [0.3, 0.4) is 0 Å². The van der Waals surface area contributed by atoms with E-state index in [9.17, 15) is 32.3 Å². The van der Waals surface area contributed by atoms with Gasteiger partial charge in [-0.2, -0.15) is 23.1 Å². The molecule has 0 bridgehead atoms. The zero-order valence-electron chi connectivity index (χ0n) is 19.0. The van der Waals surface area contributed by atoms with Gasteiger partial charge in [0.1, 0.15) is 0 Å². The molecule has 1 aromatic rings. The fourth-order valence-corrected chi connectivity index (χ4v) is 4.28. The Morgan fingerprint density at radius 1 is 1.11 bits per heavy atom. The molecule has 1 fully saturated rings. The second kappa shape index (κ2) is 10.2. The van der Waals surface area contributed by atoms with Gasteiger partial charge in [0, 0.05) is 17.7 Å². The minimum atomic E-state index is -5.31. The van der Waals surface area contributed by atoms with Gasteiger partial charge in [0.2, 0.25) is 0 Å². The molecule has 3 aliphatic rings. The van der Waals surface area contributed by atoms with Crippen molar-refractivity contribution in [2.75, 3.05) is 20.2 Å². The number of esters is 1. The molecule has 0 amide bonds. The number of nitrogens with one attached hydrogen (secondary N) is 2. The van der Waals surface area contributed by atoms with Crippen LogP contribution in [0, 0.1) is 11.8 Å². The molecule has 10 nitrogen and oxygen atoms in total. The maximum Gasteiger partial charge on any atom is 0.491 e. The van der Waals surface area contributed by atoms with Crippen molar-refractivity contribution in [3.8, 4) is 0 Å². The molecule has 0 spiro atoms. The summed E-state index contributed by atoms with van der Waals surface area (Å²) in [5.74, 6) is -7.33. The average Bonchev–Trinajstić information content (AvgIpc) is 2.92. The van der Waals surface area contributed by atoms with E-state index in [1.165, 1.54) is 30.3 Å². The molecule has 1 heterocycles. The maximum atomic E-state index is 13.5. The monoisotopic (exact) mass is 509 g/mol. The van der Waals surface area contributed by atoms with Crippen LogP contribution < -0.4 is 10.7 Å². The smallest absolute Gasteiger partial charge is 0.418 e. The number of ketones is 2. The first-order chi connectivity index (χ1) is 17.1. The summed E-state index contributed by atoms with van der Waals surface area (Å²) < 4.78 is 43.7. The first kappa shape index (κ1) is 25.5. The van der Waals surface area contributed by atoms with Crippen LogP contribution in [-0.2, 0) is 24.1 Å². The second-order valence-electron chi connectivity index (χ2n) is 8.23. The predicted octanol–water partition coefficient (Wildman–Crippen LogP) is 1.81. The third-order valence-corrected chi connectivity index (χ3v) is 5.96. The highest BCUT2D eigenvalue weighted by molar-refractivity contribution is 6.17. The number of nitrogens with zero attached hydrogens (tertiary/aromatic N) is 1. The molecule has 1 aromatic carbocycles. The molecule has 1 saturated heterocycles. The van der Waals surface area contributed by atoms with Gasteiger partial charge in [0.25, 0.3) is 0 Å². The molecular weight excluding hydrogens is 487 g/mol. The van der Waals surface area contributed by atoms with E-state index in [1.54, 1.807) is 12.1 Å². The van der Waals surface area contributed by atoms with Crippen LogP contribution in [0.5, 0.6) is 0 Å². The Labute approximate surface area is 202 Å². The van der Waals surface area contributed by atoms with Crippen molar-refractivity contribution in [2.24, 2.45) is 11.8 Å². The van der Waals surface area contributed by atoms with Gasteiger partial charge in [0.05, 0.1) is 24.1 Å². The van der Waals surface area contributed by atoms with E-state index in [4.69, 9.17) is 9.78 Å². The Hall–Kier alpha value is -3.55. The first-order valence-electron chi connectivity index (χ1n) is 11.1. The molecule has 2 N–H and O–H groups in total. The lowest BCUT2D eigenvalue weighted by molar-refractivity contribution is -0.276. The number of ether oxygens (including phenoxy) is 1.